The molecular formula is C14H19N2O+. The fourth-order valence-corrected chi connectivity index (χ4v) is 2.56. The van der Waals surface area contributed by atoms with E-state index in [9.17, 15) is 0 Å². The molecule has 1 aliphatic heterocycles. The maximum atomic E-state index is 5.62. The summed E-state index contributed by atoms with van der Waals surface area (Å²) in [6.45, 7) is 3.06. The predicted octanol–water partition coefficient (Wildman–Crippen LogP) is 1.41. The number of benzene rings is 1. The molecule has 1 aromatic heterocycles. The molecule has 17 heavy (non-hydrogen) atoms. The predicted molar refractivity (Wildman–Crippen MR) is 67.8 cm³/mol. The minimum atomic E-state index is 0.472. The smallest absolute Gasteiger partial charge is 0.106 e. The van der Waals surface area contributed by atoms with Crippen LogP contribution in [-0.2, 0) is 11.3 Å². The lowest BCUT2D eigenvalue weighted by Crippen LogP contribution is -2.84. The van der Waals surface area contributed by atoms with Crippen molar-refractivity contribution in [1.82, 2.24) is 4.98 Å². The lowest BCUT2D eigenvalue weighted by Gasteiger charge is -2.07. The first kappa shape index (κ1) is 10.8. The van der Waals surface area contributed by atoms with Crippen molar-refractivity contribution in [2.75, 3.05) is 13.2 Å². The number of para-hydroxylation sites is 1. The summed E-state index contributed by atoms with van der Waals surface area (Å²) in [5.41, 5.74) is 2.62. The van der Waals surface area contributed by atoms with Crippen molar-refractivity contribution in [1.29, 1.82) is 0 Å². The van der Waals surface area contributed by atoms with Crippen molar-refractivity contribution in [3.05, 3.63) is 36.0 Å². The zero-order chi connectivity index (χ0) is 11.5. The number of quaternary nitrogens is 1. The first-order valence-corrected chi connectivity index (χ1v) is 6.42. The van der Waals surface area contributed by atoms with E-state index in [4.69, 9.17) is 4.74 Å². The van der Waals surface area contributed by atoms with Crippen molar-refractivity contribution < 1.29 is 10.1 Å². The lowest BCUT2D eigenvalue weighted by atomic mass is 10.1. The van der Waals surface area contributed by atoms with E-state index >= 15 is 0 Å². The molecule has 2 aromatic rings. The highest BCUT2D eigenvalue weighted by molar-refractivity contribution is 5.82. The number of nitrogens with one attached hydrogen (secondary N) is 1. The molecule has 1 saturated heterocycles. The molecule has 0 radical (unpaired) electrons. The van der Waals surface area contributed by atoms with Crippen LogP contribution in [0.2, 0.25) is 0 Å². The first-order valence-electron chi connectivity index (χ1n) is 6.42. The summed E-state index contributed by atoms with van der Waals surface area (Å²) in [5, 5.41) is 3.70. The molecule has 3 rings (SSSR count). The van der Waals surface area contributed by atoms with Crippen LogP contribution in [0.4, 0.5) is 0 Å². The molecular weight excluding hydrogens is 212 g/mol. The van der Waals surface area contributed by atoms with Gasteiger partial charge in [-0.2, -0.15) is 0 Å². The van der Waals surface area contributed by atoms with Gasteiger partial charge in [-0.3, -0.25) is 0 Å². The summed E-state index contributed by atoms with van der Waals surface area (Å²) in [4.78, 5) is 3.32. The quantitative estimate of drug-likeness (QED) is 0.821. The summed E-state index contributed by atoms with van der Waals surface area (Å²) in [5.74, 6) is 0. The Bertz CT molecular complexity index is 486. The number of nitrogens with two attached hydrogens (primary N) is 1. The second-order valence-electron chi connectivity index (χ2n) is 4.72. The Morgan fingerprint density at radius 2 is 2.29 bits per heavy atom. The van der Waals surface area contributed by atoms with Gasteiger partial charge in [0.25, 0.3) is 0 Å². The minimum Gasteiger partial charge on any atom is -0.372 e. The minimum absolute atomic E-state index is 0.472. The molecule has 1 fully saturated rings. The Hall–Kier alpha value is -1.32. The second kappa shape index (κ2) is 4.90. The van der Waals surface area contributed by atoms with Gasteiger partial charge in [-0.15, -0.1) is 0 Å². The summed E-state index contributed by atoms with van der Waals surface area (Å²) in [6, 6.07) is 8.47. The molecule has 0 bridgehead atoms. The van der Waals surface area contributed by atoms with E-state index in [0.717, 1.165) is 19.7 Å². The third-order valence-corrected chi connectivity index (χ3v) is 3.49. The highest BCUT2D eigenvalue weighted by Gasteiger charge is 2.17. The Morgan fingerprint density at radius 3 is 3.18 bits per heavy atom. The maximum absolute atomic E-state index is 5.62. The largest absolute Gasteiger partial charge is 0.372 e. The first-order chi connectivity index (χ1) is 8.43. The Kier molecular flexibility index (Phi) is 3.12. The molecule has 3 N–H and O–H groups in total. The Labute approximate surface area is 101 Å². The van der Waals surface area contributed by atoms with E-state index in [-0.39, 0.29) is 0 Å². The highest BCUT2D eigenvalue weighted by atomic mass is 16.5. The molecule has 3 nitrogen and oxygen atoms in total. The summed E-state index contributed by atoms with van der Waals surface area (Å²) >= 11 is 0. The summed E-state index contributed by atoms with van der Waals surface area (Å²) in [7, 11) is 0. The third-order valence-electron chi connectivity index (χ3n) is 3.49. The number of hydrogen-bond donors (Lipinski definition) is 2. The van der Waals surface area contributed by atoms with Crippen LogP contribution in [0, 0.1) is 0 Å². The van der Waals surface area contributed by atoms with Gasteiger partial charge in [0.15, 0.2) is 0 Å². The van der Waals surface area contributed by atoms with Crippen molar-refractivity contribution in [2.45, 2.75) is 25.5 Å². The van der Waals surface area contributed by atoms with Gasteiger partial charge in [0.1, 0.15) is 19.2 Å². The molecule has 90 valence electrons. The van der Waals surface area contributed by atoms with E-state index in [0.29, 0.717) is 6.10 Å². The van der Waals surface area contributed by atoms with Crippen LogP contribution in [-0.4, -0.2) is 24.2 Å². The Balaban J connectivity index is 1.60. The van der Waals surface area contributed by atoms with E-state index < -0.39 is 0 Å². The van der Waals surface area contributed by atoms with Gasteiger partial charge in [0, 0.05) is 29.3 Å². The van der Waals surface area contributed by atoms with Gasteiger partial charge in [0.2, 0.25) is 0 Å². The summed E-state index contributed by atoms with van der Waals surface area (Å²) < 4.78 is 5.62. The molecule has 0 spiro atoms. The van der Waals surface area contributed by atoms with Crippen LogP contribution in [0.25, 0.3) is 10.9 Å². The van der Waals surface area contributed by atoms with E-state index in [1.165, 1.54) is 29.3 Å². The second-order valence-corrected chi connectivity index (χ2v) is 4.72. The molecule has 0 saturated carbocycles. The van der Waals surface area contributed by atoms with Crippen molar-refractivity contribution in [2.24, 2.45) is 0 Å². The molecule has 1 atom stereocenters. The SMILES string of the molecule is c1ccc2c(C[NH2+]C[C@@H]3CCCO3)c[nH]c2c1. The van der Waals surface area contributed by atoms with E-state index in [1.807, 2.05) is 0 Å². The number of hydrogen-bond acceptors (Lipinski definition) is 1. The zero-order valence-corrected chi connectivity index (χ0v) is 9.99. The van der Waals surface area contributed by atoms with Gasteiger partial charge in [-0.1, -0.05) is 18.2 Å². The molecule has 0 amide bonds. The van der Waals surface area contributed by atoms with E-state index in [2.05, 4.69) is 40.8 Å². The number of aromatic nitrogens is 1. The number of H-pyrrole nitrogens is 1. The van der Waals surface area contributed by atoms with E-state index in [1.54, 1.807) is 0 Å². The van der Waals surface area contributed by atoms with Gasteiger partial charge in [0.05, 0.1) is 0 Å². The van der Waals surface area contributed by atoms with Gasteiger partial charge < -0.3 is 15.0 Å². The van der Waals surface area contributed by atoms with Crippen molar-refractivity contribution >= 4 is 10.9 Å². The third kappa shape index (κ3) is 2.35. The van der Waals surface area contributed by atoms with Crippen molar-refractivity contribution in [3.63, 3.8) is 0 Å². The average molecular weight is 231 g/mol. The zero-order valence-electron chi connectivity index (χ0n) is 9.99. The molecule has 1 aliphatic rings. The molecule has 1 aromatic carbocycles. The van der Waals surface area contributed by atoms with Crippen LogP contribution in [0.1, 0.15) is 18.4 Å². The average Bonchev–Trinajstić information content (AvgIpc) is 2.99. The fraction of sp³-hybridized carbons (Fsp3) is 0.429. The van der Waals surface area contributed by atoms with Crippen molar-refractivity contribution in [3.8, 4) is 0 Å². The molecule has 0 unspecified atom stereocenters. The monoisotopic (exact) mass is 231 g/mol. The highest BCUT2D eigenvalue weighted by Crippen LogP contribution is 2.16. The van der Waals surface area contributed by atoms with Crippen LogP contribution in [0.15, 0.2) is 30.5 Å². The maximum Gasteiger partial charge on any atom is 0.106 e. The van der Waals surface area contributed by atoms with Gasteiger partial charge in [-0.25, -0.2) is 0 Å². The van der Waals surface area contributed by atoms with Crippen LogP contribution in [0.3, 0.4) is 0 Å². The number of aromatic amines is 1. The van der Waals surface area contributed by atoms with Crippen LogP contribution < -0.4 is 5.32 Å². The van der Waals surface area contributed by atoms with Gasteiger partial charge in [-0.05, 0) is 18.9 Å². The normalized spacial score (nSPS) is 20.1. The fourth-order valence-electron chi connectivity index (χ4n) is 2.56. The molecule has 2 heterocycles. The number of rotatable bonds is 4. The van der Waals surface area contributed by atoms with Gasteiger partial charge >= 0.3 is 0 Å². The Morgan fingerprint density at radius 1 is 1.35 bits per heavy atom. The number of ether oxygens (including phenoxy) is 1. The molecule has 3 heteroatoms. The lowest BCUT2D eigenvalue weighted by molar-refractivity contribution is -0.676. The topological polar surface area (TPSA) is 41.6 Å². The number of fused-ring (bicyclic) bond motifs is 1. The standard InChI is InChI=1S/C14H18N2O/c1-2-6-14-13(5-1)11(9-16-14)8-15-10-12-4-3-7-17-12/h1-2,5-6,9,12,15-16H,3-4,7-8,10H2/p+1/t12-/m0/s1. The van der Waals surface area contributed by atoms with Crippen LogP contribution in [0.5, 0.6) is 0 Å². The van der Waals surface area contributed by atoms with Crippen LogP contribution >= 0.6 is 0 Å². The molecule has 0 aliphatic carbocycles. The summed E-state index contributed by atoms with van der Waals surface area (Å²) in [6.07, 6.45) is 5.05.